The third-order valence-corrected chi connectivity index (χ3v) is 4.60. The summed E-state index contributed by atoms with van der Waals surface area (Å²) in [6, 6.07) is 6.98. The highest BCUT2D eigenvalue weighted by atomic mass is 35.5. The van der Waals surface area contributed by atoms with Crippen LogP contribution in [0.3, 0.4) is 0 Å². The minimum Gasteiger partial charge on any atom is -0.480 e. The van der Waals surface area contributed by atoms with Crippen molar-refractivity contribution >= 4 is 52.5 Å². The van der Waals surface area contributed by atoms with E-state index in [1.54, 1.807) is 31.2 Å². The van der Waals surface area contributed by atoms with Crippen LogP contribution in [0.15, 0.2) is 30.3 Å². The number of halogens is 2. The minimum atomic E-state index is -1.10. The van der Waals surface area contributed by atoms with Crippen molar-refractivity contribution in [3.63, 3.8) is 0 Å². The van der Waals surface area contributed by atoms with E-state index in [1.807, 2.05) is 6.07 Å². The van der Waals surface area contributed by atoms with E-state index in [4.69, 9.17) is 28.9 Å². The molecule has 0 heterocycles. The van der Waals surface area contributed by atoms with Crippen LogP contribution in [0.25, 0.3) is 0 Å². The van der Waals surface area contributed by atoms with Gasteiger partial charge in [-0.3, -0.25) is 14.4 Å². The van der Waals surface area contributed by atoms with Gasteiger partial charge in [0.1, 0.15) is 12.1 Å². The van der Waals surface area contributed by atoms with Crippen molar-refractivity contribution in [1.29, 1.82) is 0 Å². The summed E-state index contributed by atoms with van der Waals surface area (Å²) in [6.45, 7) is 3.41. The molecule has 168 valence electrons. The molecule has 0 aromatic heterocycles. The predicted octanol–water partition coefficient (Wildman–Crippen LogP) is 2.16. The summed E-state index contributed by atoms with van der Waals surface area (Å²) in [6.07, 6.45) is 1.60. The molecule has 0 aliphatic rings. The number of unbranched alkanes of at least 4 members (excludes halogenated alkanes) is 1. The molecule has 30 heavy (non-hydrogen) atoms. The fourth-order valence-electron chi connectivity index (χ4n) is 2.46. The van der Waals surface area contributed by atoms with Gasteiger partial charge in [-0.25, -0.2) is 4.79 Å². The predicted molar refractivity (Wildman–Crippen MR) is 118 cm³/mol. The number of nitrogens with zero attached hydrogens (tertiary/aromatic N) is 1. The highest BCUT2D eigenvalue weighted by Crippen LogP contribution is 2.17. The molecule has 1 aromatic carbocycles. The van der Waals surface area contributed by atoms with E-state index in [0.29, 0.717) is 31.5 Å². The van der Waals surface area contributed by atoms with Crippen LogP contribution in [0.1, 0.15) is 33.1 Å². The monoisotopic (exact) mass is 461 g/mol. The van der Waals surface area contributed by atoms with Gasteiger partial charge in [-0.15, -0.1) is 23.2 Å². The number of aliphatic carboxylic acids is 1. The number of amides is 2. The van der Waals surface area contributed by atoms with Crippen LogP contribution in [-0.4, -0.2) is 59.1 Å². The number of hydrogen-bond donors (Lipinski definition) is 3. The Morgan fingerprint density at radius 2 is 1.67 bits per heavy atom. The van der Waals surface area contributed by atoms with Crippen LogP contribution in [0.2, 0.25) is 0 Å². The molecule has 2 unspecified atom stereocenters. The summed E-state index contributed by atoms with van der Waals surface area (Å²) < 4.78 is 0. The largest absolute Gasteiger partial charge is 0.480 e. The number of carbonyl (C=O) groups excluding carboxylic acids is 3. The zero-order valence-corrected chi connectivity index (χ0v) is 18.7. The second-order valence-corrected chi connectivity index (χ2v) is 6.92. The maximum Gasteiger partial charge on any atom is 0.326 e. The lowest BCUT2D eigenvalue weighted by atomic mass is 10.1. The average molecular weight is 462 g/mol. The molecular weight excluding hydrogens is 433 g/mol. The van der Waals surface area contributed by atoms with Crippen molar-refractivity contribution in [1.82, 2.24) is 5.32 Å². The fourth-order valence-corrected chi connectivity index (χ4v) is 2.75. The van der Waals surface area contributed by atoms with Gasteiger partial charge in [-0.05, 0) is 44.9 Å². The Labute approximate surface area is 186 Å². The molecule has 0 aliphatic heterocycles. The Hall–Kier alpha value is -2.16. The number of carbonyl (C=O) groups is 4. The second kappa shape index (κ2) is 15.6. The SMILES string of the molecule is CC(=O)N(c1ccccc1)C(C)C(=O)NC(CCCCN)C(=O)O.O=C(CCl)CCl. The molecule has 8 nitrogen and oxygen atoms in total. The van der Waals surface area contributed by atoms with E-state index in [0.717, 1.165) is 0 Å². The lowest BCUT2D eigenvalue weighted by Gasteiger charge is -2.28. The number of nitrogens with one attached hydrogen (secondary N) is 1. The number of nitrogens with two attached hydrogens (primary N) is 1. The fraction of sp³-hybridized carbons (Fsp3) is 0.500. The second-order valence-electron chi connectivity index (χ2n) is 6.39. The number of Topliss-reactive ketones (excluding diaryl/α,β-unsaturated/α-hetero) is 1. The van der Waals surface area contributed by atoms with Gasteiger partial charge in [-0.2, -0.15) is 0 Å². The molecule has 0 aliphatic carbocycles. The highest BCUT2D eigenvalue weighted by molar-refractivity contribution is 6.35. The Morgan fingerprint density at radius 3 is 2.07 bits per heavy atom. The van der Waals surface area contributed by atoms with Crippen LogP contribution in [0.5, 0.6) is 0 Å². The van der Waals surface area contributed by atoms with Crippen molar-refractivity contribution in [3.8, 4) is 0 Å². The van der Waals surface area contributed by atoms with E-state index >= 15 is 0 Å². The van der Waals surface area contributed by atoms with E-state index in [-0.39, 0.29) is 23.5 Å². The van der Waals surface area contributed by atoms with Crippen molar-refractivity contribution < 1.29 is 24.3 Å². The molecule has 4 N–H and O–H groups in total. The smallest absolute Gasteiger partial charge is 0.326 e. The van der Waals surface area contributed by atoms with Crippen molar-refractivity contribution in [2.45, 2.75) is 45.2 Å². The van der Waals surface area contributed by atoms with Crippen LogP contribution in [-0.2, 0) is 19.2 Å². The molecule has 0 fully saturated rings. The third-order valence-electron chi connectivity index (χ3n) is 4.00. The molecule has 0 bridgehead atoms. The Morgan fingerprint density at radius 1 is 1.10 bits per heavy atom. The first-order valence-corrected chi connectivity index (χ1v) is 10.5. The van der Waals surface area contributed by atoms with E-state index in [9.17, 15) is 24.3 Å². The highest BCUT2D eigenvalue weighted by Gasteiger charge is 2.28. The van der Waals surface area contributed by atoms with Crippen molar-refractivity contribution in [3.05, 3.63) is 30.3 Å². The standard InChI is InChI=1S/C17H25N3O4.C3H4Cl2O/c1-12(20(13(2)21)14-8-4-3-5-9-14)16(22)19-15(17(23)24)10-6-7-11-18;4-1-3(6)2-5/h3-5,8-9,12,15H,6-7,10-11,18H2,1-2H3,(H,19,22)(H,23,24);1-2H2. The zero-order valence-electron chi connectivity index (χ0n) is 17.1. The number of benzene rings is 1. The van der Waals surface area contributed by atoms with E-state index in [1.165, 1.54) is 11.8 Å². The van der Waals surface area contributed by atoms with Crippen molar-refractivity contribution in [2.24, 2.45) is 5.73 Å². The molecule has 0 spiro atoms. The molecule has 10 heteroatoms. The zero-order chi connectivity index (χ0) is 23.1. The topological polar surface area (TPSA) is 130 Å². The number of ketones is 1. The summed E-state index contributed by atoms with van der Waals surface area (Å²) in [5, 5.41) is 11.7. The number of anilines is 1. The van der Waals surface area contributed by atoms with Crippen LogP contribution in [0, 0.1) is 0 Å². The van der Waals surface area contributed by atoms with Crippen LogP contribution in [0.4, 0.5) is 5.69 Å². The first kappa shape index (κ1) is 27.8. The minimum absolute atomic E-state index is 0.0312. The van der Waals surface area contributed by atoms with E-state index in [2.05, 4.69) is 5.32 Å². The first-order valence-electron chi connectivity index (χ1n) is 9.41. The van der Waals surface area contributed by atoms with Crippen LogP contribution >= 0.6 is 23.2 Å². The summed E-state index contributed by atoms with van der Waals surface area (Å²) in [5.41, 5.74) is 5.98. The van der Waals surface area contributed by atoms with Gasteiger partial charge in [0.15, 0.2) is 5.78 Å². The third kappa shape index (κ3) is 10.6. The number of para-hydroxylation sites is 1. The Kier molecular flexibility index (Phi) is 14.5. The van der Waals surface area contributed by atoms with Gasteiger partial charge < -0.3 is 21.1 Å². The molecule has 0 saturated heterocycles. The number of hydrogen-bond acceptors (Lipinski definition) is 5. The van der Waals surface area contributed by atoms with Gasteiger partial charge in [0.25, 0.3) is 0 Å². The van der Waals surface area contributed by atoms with Gasteiger partial charge in [0.05, 0.1) is 11.8 Å². The van der Waals surface area contributed by atoms with Gasteiger partial charge in [0.2, 0.25) is 11.8 Å². The summed E-state index contributed by atoms with van der Waals surface area (Å²) in [5.74, 6) is -1.96. The Bertz CT molecular complexity index is 682. The average Bonchev–Trinajstić information content (AvgIpc) is 2.73. The van der Waals surface area contributed by atoms with Crippen LogP contribution < -0.4 is 16.0 Å². The van der Waals surface area contributed by atoms with E-state index < -0.39 is 24.0 Å². The quantitative estimate of drug-likeness (QED) is 0.341. The lowest BCUT2D eigenvalue weighted by Crippen LogP contribution is -2.52. The molecule has 0 saturated carbocycles. The van der Waals surface area contributed by atoms with Crippen molar-refractivity contribution in [2.75, 3.05) is 23.2 Å². The number of alkyl halides is 2. The molecule has 1 aromatic rings. The van der Waals surface area contributed by atoms with Gasteiger partial charge in [-0.1, -0.05) is 18.2 Å². The molecule has 1 rings (SSSR count). The summed E-state index contributed by atoms with van der Waals surface area (Å²) >= 11 is 10.0. The maximum absolute atomic E-state index is 12.4. The molecule has 2 amide bonds. The molecule has 2 atom stereocenters. The maximum atomic E-state index is 12.4. The molecular formula is C20H29Cl2N3O5. The van der Waals surface area contributed by atoms with Gasteiger partial charge >= 0.3 is 5.97 Å². The lowest BCUT2D eigenvalue weighted by molar-refractivity contribution is -0.142. The first-order chi connectivity index (χ1) is 14.2. The molecule has 0 radical (unpaired) electrons. The summed E-state index contributed by atoms with van der Waals surface area (Å²) in [7, 11) is 0. The Balaban J connectivity index is 0.00000122. The number of carboxylic acid groups (broad SMARTS) is 1. The number of rotatable bonds is 11. The summed E-state index contributed by atoms with van der Waals surface area (Å²) in [4.78, 5) is 46.9. The van der Waals surface area contributed by atoms with Gasteiger partial charge in [0, 0.05) is 12.6 Å². The number of carboxylic acids is 1. The normalized spacial score (nSPS) is 12.0.